The summed E-state index contributed by atoms with van der Waals surface area (Å²) in [5.74, 6) is -0.208. The van der Waals surface area contributed by atoms with Crippen LogP contribution >= 0.6 is 0 Å². The smallest absolute Gasteiger partial charge is 0.242 e. The van der Waals surface area contributed by atoms with Crippen LogP contribution in [0.5, 0.6) is 0 Å². The first kappa shape index (κ1) is 21.0. The Morgan fingerprint density at radius 1 is 1.19 bits per heavy atom. The maximum absolute atomic E-state index is 12.1. The van der Waals surface area contributed by atoms with Crippen LogP contribution in [0.3, 0.4) is 0 Å². The molecule has 0 bridgehead atoms. The van der Waals surface area contributed by atoms with Gasteiger partial charge in [-0.3, -0.25) is 9.78 Å². The summed E-state index contributed by atoms with van der Waals surface area (Å²) in [7, 11) is -1.58. The van der Waals surface area contributed by atoms with Gasteiger partial charge >= 0.3 is 0 Å². The highest BCUT2D eigenvalue weighted by Crippen LogP contribution is 2.08. The van der Waals surface area contributed by atoms with Crippen LogP contribution < -0.4 is 10.0 Å². The molecule has 1 aromatic carbocycles. The zero-order chi connectivity index (χ0) is 19.7. The molecular formula is C19H26N4O3S. The highest BCUT2D eigenvalue weighted by atomic mass is 32.2. The van der Waals surface area contributed by atoms with Crippen molar-refractivity contribution in [1.29, 1.82) is 0 Å². The molecule has 0 aliphatic heterocycles. The van der Waals surface area contributed by atoms with Crippen molar-refractivity contribution in [3.05, 3.63) is 59.9 Å². The van der Waals surface area contributed by atoms with E-state index in [9.17, 15) is 13.2 Å². The third-order valence-electron chi connectivity index (χ3n) is 4.06. The normalized spacial score (nSPS) is 11.5. The fourth-order valence-corrected chi connectivity index (χ4v) is 3.43. The molecule has 2 aromatic rings. The zero-order valence-corrected chi connectivity index (χ0v) is 16.5. The number of aromatic nitrogens is 1. The molecule has 0 saturated heterocycles. The Morgan fingerprint density at radius 3 is 2.67 bits per heavy atom. The third-order valence-corrected chi connectivity index (χ3v) is 5.51. The van der Waals surface area contributed by atoms with Crippen molar-refractivity contribution in [1.82, 2.24) is 19.9 Å². The van der Waals surface area contributed by atoms with Gasteiger partial charge in [-0.05, 0) is 36.9 Å². The zero-order valence-electron chi connectivity index (χ0n) is 15.7. The molecule has 1 heterocycles. The van der Waals surface area contributed by atoms with Crippen LogP contribution in [0.2, 0.25) is 0 Å². The van der Waals surface area contributed by atoms with Crippen molar-refractivity contribution in [2.75, 3.05) is 20.1 Å². The van der Waals surface area contributed by atoms with E-state index in [-0.39, 0.29) is 23.8 Å². The van der Waals surface area contributed by atoms with Crippen molar-refractivity contribution >= 4 is 15.9 Å². The summed E-state index contributed by atoms with van der Waals surface area (Å²) < 4.78 is 26.5. The van der Waals surface area contributed by atoms with Crippen LogP contribution in [0, 0.1) is 0 Å². The van der Waals surface area contributed by atoms with Crippen molar-refractivity contribution in [2.45, 2.75) is 31.3 Å². The fraction of sp³-hybridized carbons (Fsp3) is 0.368. The lowest BCUT2D eigenvalue weighted by Gasteiger charge is -2.14. The summed E-state index contributed by atoms with van der Waals surface area (Å²) in [6.45, 7) is 4.37. The molecule has 0 radical (unpaired) electrons. The molecule has 8 heteroatoms. The van der Waals surface area contributed by atoms with E-state index in [0.29, 0.717) is 6.54 Å². The van der Waals surface area contributed by atoms with Crippen LogP contribution in [-0.4, -0.2) is 44.3 Å². The van der Waals surface area contributed by atoms with Gasteiger partial charge in [-0.25, -0.2) is 13.1 Å². The van der Waals surface area contributed by atoms with Gasteiger partial charge in [0.15, 0.2) is 0 Å². The van der Waals surface area contributed by atoms with E-state index >= 15 is 0 Å². The highest BCUT2D eigenvalue weighted by molar-refractivity contribution is 7.89. The number of nitrogens with zero attached hydrogens (tertiary/aromatic N) is 2. The van der Waals surface area contributed by atoms with Crippen LogP contribution in [0.1, 0.15) is 24.5 Å². The number of carbonyl (C=O) groups excluding carboxylic acids is 1. The molecule has 0 atom stereocenters. The van der Waals surface area contributed by atoms with E-state index in [4.69, 9.17) is 0 Å². The highest BCUT2D eigenvalue weighted by Gasteiger charge is 2.13. The summed E-state index contributed by atoms with van der Waals surface area (Å²) in [5, 5.41) is 2.82. The summed E-state index contributed by atoms with van der Waals surface area (Å²) >= 11 is 0. The minimum atomic E-state index is -3.64. The summed E-state index contributed by atoms with van der Waals surface area (Å²) in [5.41, 5.74) is 2.21. The first-order chi connectivity index (χ1) is 12.9. The second kappa shape index (κ2) is 10.1. The van der Waals surface area contributed by atoms with Crippen LogP contribution in [0.4, 0.5) is 0 Å². The molecule has 146 valence electrons. The van der Waals surface area contributed by atoms with Crippen molar-refractivity contribution in [3.8, 4) is 0 Å². The standard InChI is InChI=1S/C19H26N4O3S/c1-3-23(2)15-17-7-4-6-16(12-17)13-21-19(24)9-11-22-27(25,26)18-8-5-10-20-14-18/h4-8,10,12,14,22H,3,9,11,13,15H2,1-2H3,(H,21,24). The molecule has 2 rings (SSSR count). The predicted molar refractivity (Wildman–Crippen MR) is 104 cm³/mol. The Bertz CT molecular complexity index is 841. The number of amides is 1. The van der Waals surface area contributed by atoms with Gasteiger partial charge in [0.05, 0.1) is 0 Å². The SMILES string of the molecule is CCN(C)Cc1cccc(CNC(=O)CCNS(=O)(=O)c2cccnc2)c1. The van der Waals surface area contributed by atoms with E-state index < -0.39 is 10.0 Å². The molecule has 2 N–H and O–H groups in total. The largest absolute Gasteiger partial charge is 0.352 e. The first-order valence-electron chi connectivity index (χ1n) is 8.83. The molecular weight excluding hydrogens is 364 g/mol. The molecule has 0 aliphatic rings. The molecule has 1 aromatic heterocycles. The number of hydrogen-bond acceptors (Lipinski definition) is 5. The number of nitrogens with one attached hydrogen (secondary N) is 2. The summed E-state index contributed by atoms with van der Waals surface area (Å²) in [6, 6.07) is 11.1. The average Bonchev–Trinajstić information content (AvgIpc) is 2.67. The number of sulfonamides is 1. The lowest BCUT2D eigenvalue weighted by atomic mass is 10.1. The van der Waals surface area contributed by atoms with Gasteiger partial charge in [-0.15, -0.1) is 0 Å². The van der Waals surface area contributed by atoms with Gasteiger partial charge in [0.1, 0.15) is 4.90 Å². The number of rotatable bonds is 10. The second-order valence-electron chi connectivity index (χ2n) is 6.26. The molecule has 7 nitrogen and oxygen atoms in total. The van der Waals surface area contributed by atoms with Gasteiger partial charge in [-0.1, -0.05) is 31.2 Å². The minimum absolute atomic E-state index is 0.0321. The van der Waals surface area contributed by atoms with Crippen LogP contribution in [-0.2, 0) is 27.9 Å². The van der Waals surface area contributed by atoms with Crippen molar-refractivity contribution < 1.29 is 13.2 Å². The van der Waals surface area contributed by atoms with Crippen LogP contribution in [0.15, 0.2) is 53.7 Å². The van der Waals surface area contributed by atoms with E-state index in [1.54, 1.807) is 6.07 Å². The average molecular weight is 391 g/mol. The Morgan fingerprint density at radius 2 is 1.96 bits per heavy atom. The molecule has 0 fully saturated rings. The van der Waals surface area contributed by atoms with Gasteiger partial charge in [0.2, 0.25) is 15.9 Å². The monoisotopic (exact) mass is 390 g/mol. The first-order valence-corrected chi connectivity index (χ1v) is 10.3. The molecule has 0 aliphatic carbocycles. The van der Waals surface area contributed by atoms with E-state index in [2.05, 4.69) is 46.0 Å². The number of benzene rings is 1. The quantitative estimate of drug-likeness (QED) is 0.642. The summed E-state index contributed by atoms with van der Waals surface area (Å²) in [6.07, 6.45) is 2.84. The van der Waals surface area contributed by atoms with Gasteiger partial charge < -0.3 is 10.2 Å². The van der Waals surface area contributed by atoms with Crippen molar-refractivity contribution in [3.63, 3.8) is 0 Å². The Hall–Kier alpha value is -2.29. The topological polar surface area (TPSA) is 91.4 Å². The molecule has 1 amide bonds. The van der Waals surface area contributed by atoms with Crippen molar-refractivity contribution in [2.24, 2.45) is 0 Å². The molecule has 0 spiro atoms. The lowest BCUT2D eigenvalue weighted by Crippen LogP contribution is -2.30. The molecule has 0 saturated carbocycles. The number of pyridine rings is 1. The van der Waals surface area contributed by atoms with E-state index in [1.807, 2.05) is 12.1 Å². The summed E-state index contributed by atoms with van der Waals surface area (Å²) in [4.78, 5) is 18.1. The Labute approximate surface area is 160 Å². The maximum atomic E-state index is 12.1. The van der Waals surface area contributed by atoms with Gasteiger partial charge in [0.25, 0.3) is 0 Å². The predicted octanol–water partition coefficient (Wildman–Crippen LogP) is 1.52. The Balaban J connectivity index is 1.77. The third kappa shape index (κ3) is 7.09. The fourth-order valence-electron chi connectivity index (χ4n) is 2.44. The number of hydrogen-bond donors (Lipinski definition) is 2. The number of carbonyl (C=O) groups is 1. The van der Waals surface area contributed by atoms with Gasteiger partial charge in [0, 0.05) is 38.4 Å². The minimum Gasteiger partial charge on any atom is -0.352 e. The lowest BCUT2D eigenvalue weighted by molar-refractivity contribution is -0.121. The van der Waals surface area contributed by atoms with Crippen LogP contribution in [0.25, 0.3) is 0 Å². The maximum Gasteiger partial charge on any atom is 0.242 e. The van der Waals surface area contributed by atoms with E-state index in [1.165, 1.54) is 24.0 Å². The second-order valence-corrected chi connectivity index (χ2v) is 8.03. The molecule has 0 unspecified atom stereocenters. The Kier molecular flexibility index (Phi) is 7.90. The molecule has 27 heavy (non-hydrogen) atoms. The van der Waals surface area contributed by atoms with Gasteiger partial charge in [-0.2, -0.15) is 0 Å². The van der Waals surface area contributed by atoms with E-state index in [0.717, 1.165) is 18.7 Å².